The molecule has 0 aliphatic carbocycles. The first-order valence-corrected chi connectivity index (χ1v) is 9.35. The maximum Gasteiger partial charge on any atom is 0.227 e. The van der Waals surface area contributed by atoms with Crippen LogP contribution in [0.25, 0.3) is 22.6 Å². The van der Waals surface area contributed by atoms with Crippen molar-refractivity contribution in [3.8, 4) is 22.6 Å². The fourth-order valence-electron chi connectivity index (χ4n) is 2.54. The summed E-state index contributed by atoms with van der Waals surface area (Å²) in [5, 5.41) is 9.28. The molecule has 1 N–H and O–H groups in total. The third kappa shape index (κ3) is 4.27. The number of hydrogen-bond donors (Lipinski definition) is 1. The molecule has 0 aliphatic heterocycles. The van der Waals surface area contributed by atoms with Gasteiger partial charge in [0, 0.05) is 29.3 Å². The number of hydrogen-bond acceptors (Lipinski definition) is 6. The molecule has 2 aromatic heterocycles. The highest BCUT2D eigenvalue weighted by Gasteiger charge is 2.12. The zero-order valence-corrected chi connectivity index (χ0v) is 15.1. The zero-order chi connectivity index (χ0) is 18.5. The number of rotatable bonds is 6. The zero-order valence-electron chi connectivity index (χ0n) is 14.3. The van der Waals surface area contributed by atoms with Crippen LogP contribution in [-0.2, 0) is 11.2 Å². The van der Waals surface area contributed by atoms with E-state index in [1.807, 2.05) is 66.0 Å². The summed E-state index contributed by atoms with van der Waals surface area (Å²) in [5.41, 5.74) is 2.75. The Bertz CT molecular complexity index is 1030. The van der Waals surface area contributed by atoms with Crippen LogP contribution in [0.3, 0.4) is 0 Å². The maximum atomic E-state index is 12.2. The molecule has 27 heavy (non-hydrogen) atoms. The lowest BCUT2D eigenvalue weighted by molar-refractivity contribution is -0.116. The Morgan fingerprint density at radius 3 is 2.41 bits per heavy atom. The molecule has 0 atom stereocenters. The van der Waals surface area contributed by atoms with E-state index in [0.29, 0.717) is 23.3 Å². The minimum atomic E-state index is -0.136. The Hall–Kier alpha value is -3.32. The number of carbonyl (C=O) groups excluding carboxylic acids is 1. The van der Waals surface area contributed by atoms with Crippen LogP contribution >= 0.6 is 11.3 Å². The van der Waals surface area contributed by atoms with Crippen LogP contribution in [0, 0.1) is 0 Å². The number of aryl methyl sites for hydroxylation is 1. The highest BCUT2D eigenvalue weighted by Crippen LogP contribution is 2.24. The third-order valence-electron chi connectivity index (χ3n) is 3.89. The Labute approximate surface area is 159 Å². The lowest BCUT2D eigenvalue weighted by Gasteiger charge is -1.99. The number of benzene rings is 2. The summed E-state index contributed by atoms with van der Waals surface area (Å²) in [5.74, 6) is 0.829. The third-order valence-corrected chi connectivity index (χ3v) is 4.64. The van der Waals surface area contributed by atoms with Crippen LogP contribution in [0.5, 0.6) is 0 Å². The van der Waals surface area contributed by atoms with E-state index in [4.69, 9.17) is 4.52 Å². The molecule has 0 unspecified atom stereocenters. The highest BCUT2D eigenvalue weighted by atomic mass is 32.1. The van der Waals surface area contributed by atoms with Crippen LogP contribution in [-0.4, -0.2) is 21.0 Å². The van der Waals surface area contributed by atoms with Crippen LogP contribution in [0.1, 0.15) is 12.3 Å². The van der Waals surface area contributed by atoms with E-state index < -0.39 is 0 Å². The maximum absolute atomic E-state index is 12.2. The van der Waals surface area contributed by atoms with E-state index in [-0.39, 0.29) is 12.3 Å². The first-order chi connectivity index (χ1) is 13.3. The van der Waals surface area contributed by atoms with Crippen LogP contribution in [0.2, 0.25) is 0 Å². The molecular formula is C20H16N4O2S. The minimum Gasteiger partial charge on any atom is -0.339 e. The van der Waals surface area contributed by atoms with Crippen molar-refractivity contribution in [1.29, 1.82) is 0 Å². The molecule has 4 rings (SSSR count). The van der Waals surface area contributed by atoms with Crippen molar-refractivity contribution >= 4 is 22.4 Å². The van der Waals surface area contributed by atoms with Gasteiger partial charge in [-0.15, -0.1) is 11.3 Å². The summed E-state index contributed by atoms with van der Waals surface area (Å²) in [6, 6.07) is 19.4. The van der Waals surface area contributed by atoms with Gasteiger partial charge in [0.05, 0.1) is 5.69 Å². The van der Waals surface area contributed by atoms with Gasteiger partial charge in [0.1, 0.15) is 0 Å². The van der Waals surface area contributed by atoms with Gasteiger partial charge in [-0.25, -0.2) is 4.98 Å². The van der Waals surface area contributed by atoms with Gasteiger partial charge in [-0.05, 0) is 0 Å². The minimum absolute atomic E-state index is 0.136. The van der Waals surface area contributed by atoms with Gasteiger partial charge in [0.25, 0.3) is 0 Å². The van der Waals surface area contributed by atoms with E-state index in [0.717, 1.165) is 16.8 Å². The summed E-state index contributed by atoms with van der Waals surface area (Å²) >= 11 is 1.40. The van der Waals surface area contributed by atoms with Crippen molar-refractivity contribution in [2.24, 2.45) is 0 Å². The average Bonchev–Trinajstić information content (AvgIpc) is 3.37. The van der Waals surface area contributed by atoms with Crippen molar-refractivity contribution in [2.75, 3.05) is 5.32 Å². The van der Waals surface area contributed by atoms with Gasteiger partial charge < -0.3 is 9.84 Å². The second kappa shape index (κ2) is 7.92. The first-order valence-electron chi connectivity index (χ1n) is 8.47. The summed E-state index contributed by atoms with van der Waals surface area (Å²) in [7, 11) is 0. The van der Waals surface area contributed by atoms with Crippen molar-refractivity contribution in [2.45, 2.75) is 12.8 Å². The molecule has 0 saturated carbocycles. The van der Waals surface area contributed by atoms with Gasteiger partial charge >= 0.3 is 0 Å². The number of anilines is 1. The molecule has 0 aliphatic rings. The second-order valence-electron chi connectivity index (χ2n) is 5.83. The van der Waals surface area contributed by atoms with E-state index in [2.05, 4.69) is 20.4 Å². The second-order valence-corrected chi connectivity index (χ2v) is 6.69. The normalized spacial score (nSPS) is 10.7. The van der Waals surface area contributed by atoms with E-state index in [9.17, 15) is 4.79 Å². The Kier molecular flexibility index (Phi) is 5.02. The van der Waals surface area contributed by atoms with Gasteiger partial charge in [-0.1, -0.05) is 65.8 Å². The van der Waals surface area contributed by atoms with Crippen molar-refractivity contribution in [3.63, 3.8) is 0 Å². The predicted molar refractivity (Wildman–Crippen MR) is 104 cm³/mol. The molecule has 6 nitrogen and oxygen atoms in total. The molecule has 0 spiro atoms. The van der Waals surface area contributed by atoms with E-state index in [1.54, 1.807) is 0 Å². The van der Waals surface area contributed by atoms with Crippen molar-refractivity contribution in [3.05, 3.63) is 71.9 Å². The molecule has 0 bridgehead atoms. The number of carbonyl (C=O) groups is 1. The fraction of sp³-hybridized carbons (Fsp3) is 0.100. The van der Waals surface area contributed by atoms with Gasteiger partial charge in [0.15, 0.2) is 5.13 Å². The number of nitrogens with one attached hydrogen (secondary N) is 1. The molecule has 4 aromatic rings. The van der Waals surface area contributed by atoms with Gasteiger partial charge in [-0.2, -0.15) is 4.98 Å². The van der Waals surface area contributed by atoms with E-state index >= 15 is 0 Å². The van der Waals surface area contributed by atoms with Crippen LogP contribution in [0.4, 0.5) is 5.13 Å². The number of thiazole rings is 1. The number of nitrogens with zero attached hydrogens (tertiary/aromatic N) is 3. The molecule has 2 aromatic carbocycles. The number of amides is 1. The average molecular weight is 376 g/mol. The van der Waals surface area contributed by atoms with Crippen molar-refractivity contribution < 1.29 is 9.32 Å². The fourth-order valence-corrected chi connectivity index (χ4v) is 3.27. The molecule has 0 saturated heterocycles. The molecule has 0 radical (unpaired) electrons. The molecule has 1 amide bonds. The van der Waals surface area contributed by atoms with Crippen LogP contribution in [0.15, 0.2) is 70.6 Å². The smallest absolute Gasteiger partial charge is 0.227 e. The van der Waals surface area contributed by atoms with E-state index in [1.165, 1.54) is 11.3 Å². The predicted octanol–water partition coefficient (Wildman–Crippen LogP) is 4.43. The highest BCUT2D eigenvalue weighted by molar-refractivity contribution is 7.14. The molecule has 0 fully saturated rings. The topological polar surface area (TPSA) is 80.9 Å². The molecular weight excluding hydrogens is 360 g/mol. The van der Waals surface area contributed by atoms with Gasteiger partial charge in [-0.3, -0.25) is 4.79 Å². The number of aromatic nitrogens is 3. The Morgan fingerprint density at radius 1 is 0.963 bits per heavy atom. The standard InChI is InChI=1S/C20H16N4O2S/c25-17(22-20-21-16(13-27-20)14-7-3-1-4-8-14)11-12-18-23-19(24-26-18)15-9-5-2-6-10-15/h1-10,13H,11-12H2,(H,21,22,25). The Balaban J connectivity index is 1.33. The SMILES string of the molecule is O=C(CCc1nc(-c2ccccc2)no1)Nc1nc(-c2ccccc2)cs1. The first kappa shape index (κ1) is 17.1. The quantitative estimate of drug-likeness (QED) is 0.538. The van der Waals surface area contributed by atoms with Crippen LogP contribution < -0.4 is 5.32 Å². The molecule has 2 heterocycles. The van der Waals surface area contributed by atoms with Crippen molar-refractivity contribution in [1.82, 2.24) is 15.1 Å². The lowest BCUT2D eigenvalue weighted by atomic mass is 10.2. The lowest BCUT2D eigenvalue weighted by Crippen LogP contribution is -2.12. The summed E-state index contributed by atoms with van der Waals surface area (Å²) in [6.45, 7) is 0. The summed E-state index contributed by atoms with van der Waals surface area (Å²) in [4.78, 5) is 21.0. The van der Waals surface area contributed by atoms with Gasteiger partial charge in [0.2, 0.25) is 17.6 Å². The largest absolute Gasteiger partial charge is 0.339 e. The summed E-state index contributed by atoms with van der Waals surface area (Å²) < 4.78 is 5.23. The Morgan fingerprint density at radius 2 is 1.67 bits per heavy atom. The summed E-state index contributed by atoms with van der Waals surface area (Å²) in [6.07, 6.45) is 0.624. The molecule has 7 heteroatoms. The molecule has 134 valence electrons. The monoisotopic (exact) mass is 376 g/mol.